The second-order valence-electron chi connectivity index (χ2n) is 6.80. The first-order valence-corrected chi connectivity index (χ1v) is 9.43. The molecule has 1 atom stereocenters. The molecule has 0 saturated heterocycles. The van der Waals surface area contributed by atoms with Crippen LogP contribution in [0, 0.1) is 5.92 Å². The van der Waals surface area contributed by atoms with E-state index in [0.717, 1.165) is 41.6 Å². The maximum Gasteiger partial charge on any atom is 0.164 e. The summed E-state index contributed by atoms with van der Waals surface area (Å²) in [5.41, 5.74) is 2.09. The van der Waals surface area contributed by atoms with Gasteiger partial charge in [0.15, 0.2) is 11.5 Å². The Kier molecular flexibility index (Phi) is 5.48. The van der Waals surface area contributed by atoms with Gasteiger partial charge in [0.1, 0.15) is 18.2 Å². The van der Waals surface area contributed by atoms with Gasteiger partial charge in [0, 0.05) is 24.9 Å². The lowest BCUT2D eigenvalue weighted by Gasteiger charge is -2.27. The van der Waals surface area contributed by atoms with Crippen LogP contribution in [0.4, 0.5) is 0 Å². The highest BCUT2D eigenvalue weighted by Gasteiger charge is 2.24. The van der Waals surface area contributed by atoms with E-state index in [-0.39, 0.29) is 13.2 Å². The van der Waals surface area contributed by atoms with Gasteiger partial charge >= 0.3 is 0 Å². The quantitative estimate of drug-likeness (QED) is 0.682. The summed E-state index contributed by atoms with van der Waals surface area (Å²) < 4.78 is 19.2. The summed E-state index contributed by atoms with van der Waals surface area (Å²) in [6.45, 7) is 1.66. The molecule has 2 aromatic carbocycles. The highest BCUT2D eigenvalue weighted by Crippen LogP contribution is 2.37. The number of rotatable bonds is 7. The van der Waals surface area contributed by atoms with Crippen LogP contribution in [0.1, 0.15) is 5.56 Å². The van der Waals surface area contributed by atoms with E-state index in [0.29, 0.717) is 12.5 Å². The number of hydrogen-bond acceptors (Lipinski definition) is 5. The molecule has 1 N–H and O–H groups in total. The Morgan fingerprint density at radius 3 is 2.89 bits per heavy atom. The number of benzene rings is 2. The highest BCUT2D eigenvalue weighted by molar-refractivity contribution is 5.64. The summed E-state index contributed by atoms with van der Waals surface area (Å²) in [6, 6.07) is 13.8. The number of para-hydroxylation sites is 2. The predicted octanol–water partition coefficient (Wildman–Crippen LogP) is 3.18. The summed E-state index contributed by atoms with van der Waals surface area (Å²) in [4.78, 5) is 4.55. The molecule has 0 spiro atoms. The molecule has 1 aromatic heterocycles. The first kappa shape index (κ1) is 18.4. The van der Waals surface area contributed by atoms with E-state index in [4.69, 9.17) is 19.3 Å². The van der Waals surface area contributed by atoms with Crippen molar-refractivity contribution in [1.29, 1.82) is 0 Å². The van der Waals surface area contributed by atoms with Gasteiger partial charge in [-0.25, -0.2) is 4.98 Å². The van der Waals surface area contributed by atoms with Gasteiger partial charge in [-0.05, 0) is 30.2 Å². The number of imidazole rings is 1. The summed E-state index contributed by atoms with van der Waals surface area (Å²) in [5.74, 6) is 3.55. The molecule has 3 aromatic rings. The van der Waals surface area contributed by atoms with Gasteiger partial charge in [-0.1, -0.05) is 24.3 Å². The molecule has 0 amide bonds. The van der Waals surface area contributed by atoms with Crippen LogP contribution in [0.3, 0.4) is 0 Å². The largest absolute Gasteiger partial charge is 0.493 e. The molecular weight excluding hydrogens is 356 g/mol. The van der Waals surface area contributed by atoms with Crippen LogP contribution in [0.5, 0.6) is 17.2 Å². The smallest absolute Gasteiger partial charge is 0.164 e. The minimum absolute atomic E-state index is 0.0228. The van der Waals surface area contributed by atoms with Crippen LogP contribution in [0.15, 0.2) is 54.9 Å². The molecule has 0 fully saturated rings. The molecule has 1 aliphatic rings. The van der Waals surface area contributed by atoms with Crippen molar-refractivity contribution in [2.24, 2.45) is 5.92 Å². The Labute approximate surface area is 164 Å². The molecule has 28 heavy (non-hydrogen) atoms. The Morgan fingerprint density at radius 1 is 1.18 bits per heavy atom. The van der Waals surface area contributed by atoms with E-state index in [1.54, 1.807) is 13.3 Å². The van der Waals surface area contributed by atoms with Crippen LogP contribution >= 0.6 is 0 Å². The number of aliphatic hydroxyl groups is 1. The average Bonchev–Trinajstić information content (AvgIpc) is 3.19. The third-order valence-electron chi connectivity index (χ3n) is 4.90. The lowest BCUT2D eigenvalue weighted by Crippen LogP contribution is -2.25. The van der Waals surface area contributed by atoms with Crippen molar-refractivity contribution >= 4 is 0 Å². The summed E-state index contributed by atoms with van der Waals surface area (Å²) in [7, 11) is 1.67. The standard InChI is InChI=1S/C22H24N2O4/c1-26-20-8-4-5-17-13-16(15-28-21(17)20)14-24-10-9-23-22(24)18-6-2-3-7-19(18)27-12-11-25/h2-10,16,25H,11-15H2,1H3. The molecule has 6 nitrogen and oxygen atoms in total. The highest BCUT2D eigenvalue weighted by atomic mass is 16.5. The van der Waals surface area contributed by atoms with E-state index in [2.05, 4.69) is 15.6 Å². The fourth-order valence-electron chi connectivity index (χ4n) is 3.65. The minimum atomic E-state index is -0.0228. The van der Waals surface area contributed by atoms with Crippen molar-refractivity contribution in [3.63, 3.8) is 0 Å². The monoisotopic (exact) mass is 380 g/mol. The summed E-state index contributed by atoms with van der Waals surface area (Å²) >= 11 is 0. The number of ether oxygens (including phenoxy) is 3. The van der Waals surface area contributed by atoms with E-state index in [9.17, 15) is 0 Å². The fourth-order valence-corrected chi connectivity index (χ4v) is 3.65. The van der Waals surface area contributed by atoms with Crippen LogP contribution in [-0.4, -0.2) is 41.6 Å². The molecule has 4 rings (SSSR count). The van der Waals surface area contributed by atoms with Gasteiger partial charge in [0.05, 0.1) is 25.9 Å². The number of hydrogen-bond donors (Lipinski definition) is 1. The topological polar surface area (TPSA) is 65.7 Å². The van der Waals surface area contributed by atoms with Crippen molar-refractivity contribution in [3.05, 3.63) is 60.4 Å². The molecule has 0 radical (unpaired) electrons. The predicted molar refractivity (Wildman–Crippen MR) is 106 cm³/mol. The molecule has 1 aliphatic heterocycles. The second-order valence-corrected chi connectivity index (χ2v) is 6.80. The number of aliphatic hydroxyl groups excluding tert-OH is 1. The number of nitrogens with zero attached hydrogens (tertiary/aromatic N) is 2. The van der Waals surface area contributed by atoms with E-state index >= 15 is 0 Å². The molecule has 0 aliphatic carbocycles. The SMILES string of the molecule is COc1cccc2c1OCC(Cn1ccnc1-c1ccccc1OCCO)C2. The van der Waals surface area contributed by atoms with Crippen molar-refractivity contribution in [2.75, 3.05) is 26.9 Å². The van der Waals surface area contributed by atoms with Gasteiger partial charge in [-0.3, -0.25) is 0 Å². The Hall–Kier alpha value is -2.99. The molecule has 0 bridgehead atoms. The summed E-state index contributed by atoms with van der Waals surface area (Å²) in [5, 5.41) is 9.07. The molecular formula is C22H24N2O4. The maximum atomic E-state index is 9.07. The van der Waals surface area contributed by atoms with Crippen molar-refractivity contribution in [2.45, 2.75) is 13.0 Å². The van der Waals surface area contributed by atoms with E-state index < -0.39 is 0 Å². The molecule has 0 saturated carbocycles. The van der Waals surface area contributed by atoms with E-state index in [1.807, 2.05) is 42.6 Å². The van der Waals surface area contributed by atoms with Crippen molar-refractivity contribution < 1.29 is 19.3 Å². The van der Waals surface area contributed by atoms with Gasteiger partial charge in [-0.2, -0.15) is 0 Å². The maximum absolute atomic E-state index is 9.07. The number of methoxy groups -OCH3 is 1. The second kappa shape index (κ2) is 8.35. The zero-order valence-corrected chi connectivity index (χ0v) is 15.9. The normalized spacial score (nSPS) is 15.6. The number of fused-ring (bicyclic) bond motifs is 1. The fraction of sp³-hybridized carbons (Fsp3) is 0.318. The lowest BCUT2D eigenvalue weighted by molar-refractivity contribution is 0.197. The van der Waals surface area contributed by atoms with Crippen LogP contribution in [0.2, 0.25) is 0 Å². The third kappa shape index (κ3) is 3.68. The van der Waals surface area contributed by atoms with Gasteiger partial charge in [0.25, 0.3) is 0 Å². The zero-order valence-electron chi connectivity index (χ0n) is 15.9. The summed E-state index contributed by atoms with van der Waals surface area (Å²) in [6.07, 6.45) is 4.71. The van der Waals surface area contributed by atoms with Crippen LogP contribution in [0.25, 0.3) is 11.4 Å². The minimum Gasteiger partial charge on any atom is -0.493 e. The van der Waals surface area contributed by atoms with Crippen molar-refractivity contribution in [1.82, 2.24) is 9.55 Å². The lowest BCUT2D eigenvalue weighted by atomic mass is 9.96. The Morgan fingerprint density at radius 2 is 2.04 bits per heavy atom. The van der Waals surface area contributed by atoms with E-state index in [1.165, 1.54) is 5.56 Å². The van der Waals surface area contributed by atoms with Crippen LogP contribution in [-0.2, 0) is 13.0 Å². The molecule has 6 heteroatoms. The Bertz CT molecular complexity index is 938. The van der Waals surface area contributed by atoms with Gasteiger partial charge < -0.3 is 23.9 Å². The third-order valence-corrected chi connectivity index (χ3v) is 4.90. The first-order valence-electron chi connectivity index (χ1n) is 9.43. The number of aromatic nitrogens is 2. The zero-order chi connectivity index (χ0) is 19.3. The average molecular weight is 380 g/mol. The van der Waals surface area contributed by atoms with Crippen LogP contribution < -0.4 is 14.2 Å². The Balaban J connectivity index is 1.55. The molecule has 2 heterocycles. The van der Waals surface area contributed by atoms with Gasteiger partial charge in [-0.15, -0.1) is 0 Å². The first-order chi connectivity index (χ1) is 13.8. The molecule has 1 unspecified atom stereocenters. The van der Waals surface area contributed by atoms with Gasteiger partial charge in [0.2, 0.25) is 0 Å². The van der Waals surface area contributed by atoms with Crippen molar-refractivity contribution in [3.8, 4) is 28.6 Å². The molecule has 146 valence electrons.